The molecule has 2 aromatic rings. The zero-order valence-electron chi connectivity index (χ0n) is 17.4. The Labute approximate surface area is 176 Å². The van der Waals surface area contributed by atoms with Gasteiger partial charge in [0.05, 0.1) is 11.7 Å². The van der Waals surface area contributed by atoms with Crippen molar-refractivity contribution in [2.75, 3.05) is 18.1 Å². The summed E-state index contributed by atoms with van der Waals surface area (Å²) in [7, 11) is 0. The lowest BCUT2D eigenvalue weighted by Crippen LogP contribution is -2.43. The zero-order valence-corrected chi connectivity index (χ0v) is 17.4. The molecule has 0 bridgehead atoms. The number of carbonyl (C=O) groups is 2. The predicted octanol–water partition coefficient (Wildman–Crippen LogP) is 3.77. The lowest BCUT2D eigenvalue weighted by Gasteiger charge is -2.26. The van der Waals surface area contributed by atoms with Crippen LogP contribution in [0.5, 0.6) is 5.75 Å². The Morgan fingerprint density at radius 3 is 2.67 bits per heavy atom. The SMILES string of the molecule is C[C@@H]1Cc2ccccc2N1C(=O)[C@@H](C)OC(=O)c1ccc(OC[C@@H]2CCCO2)cc1. The summed E-state index contributed by atoms with van der Waals surface area (Å²) >= 11 is 0. The molecule has 6 nitrogen and oxygen atoms in total. The van der Waals surface area contributed by atoms with Gasteiger partial charge in [-0.1, -0.05) is 18.2 Å². The monoisotopic (exact) mass is 409 g/mol. The molecule has 1 fully saturated rings. The van der Waals surface area contributed by atoms with E-state index in [4.69, 9.17) is 14.2 Å². The maximum absolute atomic E-state index is 13.0. The molecule has 0 aliphatic carbocycles. The third kappa shape index (κ3) is 4.33. The lowest BCUT2D eigenvalue weighted by molar-refractivity contribution is -0.126. The topological polar surface area (TPSA) is 65.1 Å². The number of carbonyl (C=O) groups excluding carboxylic acids is 2. The molecule has 0 spiro atoms. The molecule has 0 aromatic heterocycles. The molecular formula is C24H27NO5. The van der Waals surface area contributed by atoms with E-state index in [1.807, 2.05) is 31.2 Å². The van der Waals surface area contributed by atoms with Crippen LogP contribution in [0.1, 0.15) is 42.6 Å². The van der Waals surface area contributed by atoms with Crippen LogP contribution in [0.15, 0.2) is 48.5 Å². The molecule has 158 valence electrons. The molecule has 2 heterocycles. The minimum absolute atomic E-state index is 0.0383. The number of rotatable bonds is 6. The van der Waals surface area contributed by atoms with Gasteiger partial charge < -0.3 is 19.1 Å². The molecular weight excluding hydrogens is 382 g/mol. The van der Waals surface area contributed by atoms with E-state index in [9.17, 15) is 9.59 Å². The number of amides is 1. The third-order valence-electron chi connectivity index (χ3n) is 5.63. The van der Waals surface area contributed by atoms with Gasteiger partial charge in [-0.3, -0.25) is 4.79 Å². The molecule has 4 rings (SSSR count). The Morgan fingerprint density at radius 1 is 1.17 bits per heavy atom. The smallest absolute Gasteiger partial charge is 0.338 e. The summed E-state index contributed by atoms with van der Waals surface area (Å²) in [4.78, 5) is 27.2. The van der Waals surface area contributed by atoms with Gasteiger partial charge in [0.2, 0.25) is 0 Å². The summed E-state index contributed by atoms with van der Waals surface area (Å²) in [6, 6.07) is 14.6. The summed E-state index contributed by atoms with van der Waals surface area (Å²) in [6.07, 6.45) is 2.14. The van der Waals surface area contributed by atoms with Crippen LogP contribution in [-0.4, -0.2) is 43.3 Å². The highest BCUT2D eigenvalue weighted by Gasteiger charge is 2.34. The number of fused-ring (bicyclic) bond motifs is 1. The fourth-order valence-corrected chi connectivity index (χ4v) is 4.03. The number of anilines is 1. The molecule has 6 heteroatoms. The van der Waals surface area contributed by atoms with E-state index in [1.165, 1.54) is 0 Å². The highest BCUT2D eigenvalue weighted by Crippen LogP contribution is 2.32. The van der Waals surface area contributed by atoms with Gasteiger partial charge in [0.1, 0.15) is 12.4 Å². The first-order valence-corrected chi connectivity index (χ1v) is 10.5. The molecule has 0 radical (unpaired) electrons. The van der Waals surface area contributed by atoms with Gasteiger partial charge in [0.15, 0.2) is 6.10 Å². The Morgan fingerprint density at radius 2 is 1.93 bits per heavy atom. The van der Waals surface area contributed by atoms with Gasteiger partial charge in [0, 0.05) is 18.3 Å². The minimum atomic E-state index is -0.874. The van der Waals surface area contributed by atoms with Crippen LogP contribution >= 0.6 is 0 Å². The van der Waals surface area contributed by atoms with E-state index >= 15 is 0 Å². The molecule has 3 atom stereocenters. The van der Waals surface area contributed by atoms with Crippen LogP contribution in [0, 0.1) is 0 Å². The van der Waals surface area contributed by atoms with Crippen molar-refractivity contribution in [1.29, 1.82) is 0 Å². The second-order valence-electron chi connectivity index (χ2n) is 7.91. The van der Waals surface area contributed by atoms with Crippen molar-refractivity contribution < 1.29 is 23.8 Å². The number of benzene rings is 2. The lowest BCUT2D eigenvalue weighted by atomic mass is 10.1. The Hall–Kier alpha value is -2.86. The first-order valence-electron chi connectivity index (χ1n) is 10.5. The maximum Gasteiger partial charge on any atom is 0.338 e. The summed E-state index contributed by atoms with van der Waals surface area (Å²) < 4.78 is 16.7. The van der Waals surface area contributed by atoms with Crippen molar-refractivity contribution in [3.05, 3.63) is 59.7 Å². The Balaban J connectivity index is 1.34. The third-order valence-corrected chi connectivity index (χ3v) is 5.63. The van der Waals surface area contributed by atoms with Crippen molar-refractivity contribution in [3.63, 3.8) is 0 Å². The fourth-order valence-electron chi connectivity index (χ4n) is 4.03. The normalized spacial score (nSPS) is 21.2. The number of nitrogens with zero attached hydrogens (tertiary/aromatic N) is 1. The number of para-hydroxylation sites is 1. The van der Waals surface area contributed by atoms with Crippen molar-refractivity contribution in [1.82, 2.24) is 0 Å². The molecule has 1 saturated heterocycles. The van der Waals surface area contributed by atoms with Gasteiger partial charge in [0.25, 0.3) is 5.91 Å². The van der Waals surface area contributed by atoms with E-state index in [0.717, 1.165) is 37.1 Å². The number of ether oxygens (including phenoxy) is 3. The van der Waals surface area contributed by atoms with E-state index < -0.39 is 12.1 Å². The molecule has 2 aromatic carbocycles. The summed E-state index contributed by atoms with van der Waals surface area (Å²) in [5, 5.41) is 0. The van der Waals surface area contributed by atoms with Crippen LogP contribution < -0.4 is 9.64 Å². The number of esters is 1. The summed E-state index contributed by atoms with van der Waals surface area (Å²) in [5.74, 6) is -0.0624. The van der Waals surface area contributed by atoms with Gasteiger partial charge in [-0.15, -0.1) is 0 Å². The van der Waals surface area contributed by atoms with Crippen molar-refractivity contribution in [2.45, 2.75) is 51.4 Å². The van der Waals surface area contributed by atoms with E-state index in [0.29, 0.717) is 17.9 Å². The predicted molar refractivity (Wildman–Crippen MR) is 113 cm³/mol. The van der Waals surface area contributed by atoms with Crippen LogP contribution in [0.25, 0.3) is 0 Å². The summed E-state index contributed by atoms with van der Waals surface area (Å²) in [5.41, 5.74) is 2.41. The molecule has 2 aliphatic heterocycles. The zero-order chi connectivity index (χ0) is 21.1. The molecule has 0 unspecified atom stereocenters. The second kappa shape index (κ2) is 8.88. The van der Waals surface area contributed by atoms with Crippen molar-refractivity contribution >= 4 is 17.6 Å². The average Bonchev–Trinajstić information content (AvgIpc) is 3.38. The number of hydrogen-bond donors (Lipinski definition) is 0. The van der Waals surface area contributed by atoms with Gasteiger partial charge >= 0.3 is 5.97 Å². The highest BCUT2D eigenvalue weighted by atomic mass is 16.5. The number of hydrogen-bond acceptors (Lipinski definition) is 5. The van der Waals surface area contributed by atoms with Crippen LogP contribution in [-0.2, 0) is 20.7 Å². The van der Waals surface area contributed by atoms with E-state index in [-0.39, 0.29) is 18.1 Å². The summed E-state index contributed by atoms with van der Waals surface area (Å²) in [6.45, 7) is 4.91. The van der Waals surface area contributed by atoms with Crippen LogP contribution in [0.2, 0.25) is 0 Å². The highest BCUT2D eigenvalue weighted by molar-refractivity contribution is 6.00. The molecule has 30 heavy (non-hydrogen) atoms. The van der Waals surface area contributed by atoms with Crippen LogP contribution in [0.4, 0.5) is 5.69 Å². The Bertz CT molecular complexity index is 904. The van der Waals surface area contributed by atoms with Gasteiger partial charge in [-0.2, -0.15) is 0 Å². The van der Waals surface area contributed by atoms with Gasteiger partial charge in [-0.05, 0) is 69.0 Å². The fraction of sp³-hybridized carbons (Fsp3) is 0.417. The average molecular weight is 409 g/mol. The maximum atomic E-state index is 13.0. The van der Waals surface area contributed by atoms with E-state index in [1.54, 1.807) is 36.1 Å². The molecule has 0 N–H and O–H groups in total. The first kappa shape index (κ1) is 20.4. The largest absolute Gasteiger partial charge is 0.491 e. The standard InChI is InChI=1S/C24H27NO5/c1-16-14-19-6-3-4-8-22(19)25(16)23(26)17(2)30-24(27)18-9-11-20(12-10-18)29-15-21-7-5-13-28-21/h3-4,6,8-12,16-17,21H,5,7,13-15H2,1-2H3/t16-,17-,21+/m1/s1. The van der Waals surface area contributed by atoms with Crippen molar-refractivity contribution in [3.8, 4) is 5.75 Å². The van der Waals surface area contributed by atoms with Crippen molar-refractivity contribution in [2.24, 2.45) is 0 Å². The van der Waals surface area contributed by atoms with Gasteiger partial charge in [-0.25, -0.2) is 4.79 Å². The quantitative estimate of drug-likeness (QED) is 0.680. The first-order chi connectivity index (χ1) is 14.5. The van der Waals surface area contributed by atoms with E-state index in [2.05, 4.69) is 0 Å². The molecule has 0 saturated carbocycles. The minimum Gasteiger partial charge on any atom is -0.491 e. The molecule has 1 amide bonds. The van der Waals surface area contributed by atoms with Crippen LogP contribution in [0.3, 0.4) is 0 Å². The molecule has 2 aliphatic rings. The second-order valence-corrected chi connectivity index (χ2v) is 7.91. The Kier molecular flexibility index (Phi) is 6.04.